The zero-order chi connectivity index (χ0) is 19.8. The molecule has 0 saturated heterocycles. The first kappa shape index (κ1) is 19.7. The molecule has 2 aromatic carbocycles. The van der Waals surface area contributed by atoms with Gasteiger partial charge in [0.1, 0.15) is 11.4 Å². The number of nitrogens with one attached hydrogen (secondary N) is 3. The van der Waals surface area contributed by atoms with Gasteiger partial charge < -0.3 is 15.2 Å². The minimum Gasteiger partial charge on any atom is -0.508 e. The molecule has 2 rings (SSSR count). The number of ether oxygens (including phenoxy) is 1. The molecular formula is C17H18N4O6. The second kappa shape index (κ2) is 9.15. The van der Waals surface area contributed by atoms with Crippen LogP contribution < -0.4 is 16.2 Å². The molecule has 10 heteroatoms. The van der Waals surface area contributed by atoms with Crippen molar-refractivity contribution in [2.45, 2.75) is 0 Å². The van der Waals surface area contributed by atoms with Crippen LogP contribution in [0.25, 0.3) is 0 Å². The number of nitro groups is 1. The van der Waals surface area contributed by atoms with E-state index in [1.807, 2.05) is 0 Å². The van der Waals surface area contributed by atoms with Crippen molar-refractivity contribution < 1.29 is 24.4 Å². The van der Waals surface area contributed by atoms with Crippen LogP contribution in [0.4, 0.5) is 11.4 Å². The average Bonchev–Trinajstić information content (AvgIpc) is 2.66. The average molecular weight is 374 g/mol. The van der Waals surface area contributed by atoms with E-state index in [0.29, 0.717) is 13.2 Å². The van der Waals surface area contributed by atoms with Crippen molar-refractivity contribution in [1.29, 1.82) is 0 Å². The summed E-state index contributed by atoms with van der Waals surface area (Å²) in [6, 6.07) is 9.45. The van der Waals surface area contributed by atoms with E-state index in [-0.39, 0.29) is 28.3 Å². The van der Waals surface area contributed by atoms with Gasteiger partial charge in [-0.15, -0.1) is 0 Å². The van der Waals surface area contributed by atoms with E-state index >= 15 is 0 Å². The van der Waals surface area contributed by atoms with Crippen molar-refractivity contribution >= 4 is 23.2 Å². The van der Waals surface area contributed by atoms with E-state index in [2.05, 4.69) is 16.2 Å². The molecule has 0 aliphatic carbocycles. The summed E-state index contributed by atoms with van der Waals surface area (Å²) in [4.78, 5) is 34.7. The standard InChI is InChI=1S/C17H18N4O6/c1-27-8-7-18-14-6-5-12(10-15(14)21(25)26)17(24)20-19-16(23)11-3-2-4-13(22)9-11/h2-6,9-10,18,22H,7-8H2,1H3,(H,19,23)(H,20,24). The third kappa shape index (κ3) is 5.41. The number of phenols is 1. The van der Waals surface area contributed by atoms with E-state index in [1.54, 1.807) is 0 Å². The normalized spacial score (nSPS) is 10.1. The van der Waals surface area contributed by atoms with Gasteiger partial charge in [0, 0.05) is 30.8 Å². The number of nitro benzene ring substituents is 1. The third-order valence-corrected chi connectivity index (χ3v) is 3.48. The Morgan fingerprint density at radius 1 is 1.11 bits per heavy atom. The summed E-state index contributed by atoms with van der Waals surface area (Å²) in [6.07, 6.45) is 0. The van der Waals surface area contributed by atoms with Crippen LogP contribution in [0, 0.1) is 10.1 Å². The summed E-state index contributed by atoms with van der Waals surface area (Å²) in [5, 5.41) is 23.4. The number of nitrogens with zero attached hydrogens (tertiary/aromatic N) is 1. The third-order valence-electron chi connectivity index (χ3n) is 3.48. The van der Waals surface area contributed by atoms with E-state index in [9.17, 15) is 24.8 Å². The zero-order valence-electron chi connectivity index (χ0n) is 14.4. The lowest BCUT2D eigenvalue weighted by Gasteiger charge is -2.10. The molecule has 142 valence electrons. The van der Waals surface area contributed by atoms with Crippen LogP contribution in [0.5, 0.6) is 5.75 Å². The van der Waals surface area contributed by atoms with E-state index in [4.69, 9.17) is 4.74 Å². The highest BCUT2D eigenvalue weighted by Gasteiger charge is 2.18. The highest BCUT2D eigenvalue weighted by atomic mass is 16.6. The SMILES string of the molecule is COCCNc1ccc(C(=O)NNC(=O)c2cccc(O)c2)cc1[N+](=O)[O-]. The molecule has 0 unspecified atom stereocenters. The zero-order valence-corrected chi connectivity index (χ0v) is 14.4. The van der Waals surface area contributed by atoms with Gasteiger partial charge in [0.05, 0.1) is 11.5 Å². The Hall–Kier alpha value is -3.66. The molecule has 0 aliphatic heterocycles. The molecule has 0 heterocycles. The number of phenolic OH excluding ortho intramolecular Hbond substituents is 1. The molecule has 0 aromatic heterocycles. The van der Waals surface area contributed by atoms with Crippen LogP contribution in [0.1, 0.15) is 20.7 Å². The van der Waals surface area contributed by atoms with Gasteiger partial charge in [-0.2, -0.15) is 0 Å². The topological polar surface area (TPSA) is 143 Å². The summed E-state index contributed by atoms with van der Waals surface area (Å²) in [5.41, 5.74) is 4.45. The number of amides is 2. The number of methoxy groups -OCH3 is 1. The number of rotatable bonds is 7. The number of hydrogen-bond acceptors (Lipinski definition) is 7. The van der Waals surface area contributed by atoms with Gasteiger partial charge in [-0.1, -0.05) is 6.07 Å². The monoisotopic (exact) mass is 374 g/mol. The Morgan fingerprint density at radius 2 is 1.78 bits per heavy atom. The van der Waals surface area contributed by atoms with Gasteiger partial charge >= 0.3 is 0 Å². The van der Waals surface area contributed by atoms with E-state index in [0.717, 1.165) is 6.07 Å². The minimum absolute atomic E-state index is 0.00444. The lowest BCUT2D eigenvalue weighted by Crippen LogP contribution is -2.41. The molecule has 0 saturated carbocycles. The summed E-state index contributed by atoms with van der Waals surface area (Å²) in [6.45, 7) is 0.726. The second-order valence-corrected chi connectivity index (χ2v) is 5.37. The Labute approximate surface area is 154 Å². The predicted octanol–water partition coefficient (Wildman–Crippen LogP) is 1.43. The Kier molecular flexibility index (Phi) is 6.67. The number of hydrogen-bond donors (Lipinski definition) is 4. The second-order valence-electron chi connectivity index (χ2n) is 5.37. The number of benzene rings is 2. The first-order valence-electron chi connectivity index (χ1n) is 7.83. The molecule has 27 heavy (non-hydrogen) atoms. The fourth-order valence-corrected chi connectivity index (χ4v) is 2.17. The first-order valence-corrected chi connectivity index (χ1v) is 7.83. The van der Waals surface area contributed by atoms with Crippen molar-refractivity contribution in [1.82, 2.24) is 10.9 Å². The van der Waals surface area contributed by atoms with Crippen molar-refractivity contribution in [2.24, 2.45) is 0 Å². The molecule has 2 amide bonds. The number of anilines is 1. The summed E-state index contributed by atoms with van der Waals surface area (Å²) >= 11 is 0. The van der Waals surface area contributed by atoms with E-state index < -0.39 is 16.7 Å². The molecule has 0 fully saturated rings. The van der Waals surface area contributed by atoms with Gasteiger partial charge in [0.25, 0.3) is 17.5 Å². The van der Waals surface area contributed by atoms with Crippen LogP contribution in [-0.4, -0.2) is 42.1 Å². The Morgan fingerprint density at radius 3 is 2.37 bits per heavy atom. The van der Waals surface area contributed by atoms with Crippen LogP contribution in [0.2, 0.25) is 0 Å². The molecule has 10 nitrogen and oxygen atoms in total. The van der Waals surface area contributed by atoms with Gasteiger partial charge in [-0.25, -0.2) is 0 Å². The van der Waals surface area contributed by atoms with Crippen molar-refractivity contribution in [3.05, 3.63) is 63.7 Å². The quantitative estimate of drug-likeness (QED) is 0.326. The van der Waals surface area contributed by atoms with Crippen molar-refractivity contribution in [3.8, 4) is 5.75 Å². The molecule has 0 radical (unpaired) electrons. The maximum atomic E-state index is 12.2. The highest BCUT2D eigenvalue weighted by Crippen LogP contribution is 2.25. The summed E-state index contributed by atoms with van der Waals surface area (Å²) in [7, 11) is 1.51. The maximum absolute atomic E-state index is 12.2. The van der Waals surface area contributed by atoms with Crippen LogP contribution in [0.3, 0.4) is 0 Å². The van der Waals surface area contributed by atoms with Crippen LogP contribution in [-0.2, 0) is 4.74 Å². The maximum Gasteiger partial charge on any atom is 0.293 e. The fourth-order valence-electron chi connectivity index (χ4n) is 2.17. The summed E-state index contributed by atoms with van der Waals surface area (Å²) < 4.78 is 4.87. The largest absolute Gasteiger partial charge is 0.508 e. The van der Waals surface area contributed by atoms with E-state index in [1.165, 1.54) is 43.5 Å². The first-order chi connectivity index (χ1) is 12.9. The Balaban J connectivity index is 2.06. The minimum atomic E-state index is -0.727. The van der Waals surface area contributed by atoms with Crippen molar-refractivity contribution in [3.63, 3.8) is 0 Å². The van der Waals surface area contributed by atoms with Crippen molar-refractivity contribution in [2.75, 3.05) is 25.6 Å². The van der Waals surface area contributed by atoms with Gasteiger partial charge in [-0.3, -0.25) is 30.6 Å². The lowest BCUT2D eigenvalue weighted by molar-refractivity contribution is -0.384. The summed E-state index contributed by atoms with van der Waals surface area (Å²) in [5.74, 6) is -1.47. The number of carbonyl (C=O) groups is 2. The number of aromatic hydroxyl groups is 1. The molecule has 0 spiro atoms. The Bertz CT molecular complexity index is 855. The number of hydrazine groups is 1. The number of carbonyl (C=O) groups excluding carboxylic acids is 2. The molecule has 0 atom stereocenters. The lowest BCUT2D eigenvalue weighted by atomic mass is 10.1. The molecule has 0 bridgehead atoms. The molecule has 4 N–H and O–H groups in total. The molecule has 2 aromatic rings. The van der Waals surface area contributed by atoms with Crippen LogP contribution >= 0.6 is 0 Å². The van der Waals surface area contributed by atoms with Gasteiger partial charge in [0.2, 0.25) is 0 Å². The van der Waals surface area contributed by atoms with Gasteiger partial charge in [-0.05, 0) is 30.3 Å². The van der Waals surface area contributed by atoms with Crippen LogP contribution in [0.15, 0.2) is 42.5 Å². The molecular weight excluding hydrogens is 356 g/mol. The highest BCUT2D eigenvalue weighted by molar-refractivity contribution is 5.99. The smallest absolute Gasteiger partial charge is 0.293 e. The fraction of sp³-hybridized carbons (Fsp3) is 0.176. The predicted molar refractivity (Wildman–Crippen MR) is 96.5 cm³/mol. The molecule has 0 aliphatic rings. The van der Waals surface area contributed by atoms with Gasteiger partial charge in [0.15, 0.2) is 0 Å².